The molecule has 0 aromatic heterocycles. The van der Waals surface area contributed by atoms with E-state index in [1.807, 2.05) is 0 Å². The lowest BCUT2D eigenvalue weighted by Gasteiger charge is -2.30. The van der Waals surface area contributed by atoms with Crippen LogP contribution in [-0.4, -0.2) is 41.8 Å². The molecule has 4 N–H and O–H groups in total. The number of rotatable bonds is 6. The number of hydrogen-bond acceptors (Lipinski definition) is 8. The SMILES string of the molecule is COC(=O)c1ccc(C(=O)C[C@@H]2N[C@@]3(C(=O)Nc4cc(Cl)ccc43)[C@@H](c3cccc(Cl)c3F)C2[N+](=O)[O-])c(N)c1. The molecule has 0 radical (unpaired) electrons. The summed E-state index contributed by atoms with van der Waals surface area (Å²) >= 11 is 12.2. The van der Waals surface area contributed by atoms with Crippen molar-refractivity contribution >= 4 is 52.2 Å². The lowest BCUT2D eigenvalue weighted by Crippen LogP contribution is -2.49. The van der Waals surface area contributed by atoms with Crippen molar-refractivity contribution in [2.24, 2.45) is 0 Å². The fraction of sp³-hybridized carbons (Fsp3) is 0.222. The number of benzene rings is 3. The maximum absolute atomic E-state index is 15.5. The lowest BCUT2D eigenvalue weighted by atomic mass is 9.74. The molecule has 1 amide bonds. The largest absolute Gasteiger partial charge is 0.465 e. The van der Waals surface area contributed by atoms with Gasteiger partial charge in [0.25, 0.3) is 0 Å². The van der Waals surface area contributed by atoms with E-state index in [1.54, 1.807) is 0 Å². The van der Waals surface area contributed by atoms with Crippen molar-refractivity contribution in [3.05, 3.63) is 103 Å². The molecule has 0 bridgehead atoms. The van der Waals surface area contributed by atoms with Gasteiger partial charge in [0.2, 0.25) is 11.9 Å². The number of carbonyl (C=O) groups is 3. The number of Topliss-reactive ketones (excluding diaryl/α,β-unsaturated/α-hetero) is 1. The van der Waals surface area contributed by atoms with Crippen LogP contribution in [0.4, 0.5) is 15.8 Å². The first-order valence-corrected chi connectivity index (χ1v) is 12.7. The Morgan fingerprint density at radius 3 is 2.60 bits per heavy atom. The molecule has 1 unspecified atom stereocenters. The number of hydrogen-bond donors (Lipinski definition) is 3. The van der Waals surface area contributed by atoms with E-state index in [2.05, 4.69) is 15.4 Å². The molecule has 0 saturated carbocycles. The van der Waals surface area contributed by atoms with E-state index in [4.69, 9.17) is 28.9 Å². The van der Waals surface area contributed by atoms with E-state index in [0.717, 1.165) is 0 Å². The second-order valence-corrected chi connectivity index (χ2v) is 10.4. The molecular weight excluding hydrogens is 566 g/mol. The highest BCUT2D eigenvalue weighted by atomic mass is 35.5. The molecule has 206 valence electrons. The Hall–Kier alpha value is -4.06. The average Bonchev–Trinajstić information content (AvgIpc) is 3.38. The third-order valence-corrected chi connectivity index (χ3v) is 7.91. The summed E-state index contributed by atoms with van der Waals surface area (Å²) in [4.78, 5) is 50.9. The molecule has 2 aliphatic rings. The smallest absolute Gasteiger partial charge is 0.337 e. The third kappa shape index (κ3) is 4.26. The molecule has 1 fully saturated rings. The predicted molar refractivity (Wildman–Crippen MR) is 145 cm³/mol. The highest BCUT2D eigenvalue weighted by molar-refractivity contribution is 6.31. The molecule has 1 spiro atoms. The summed E-state index contributed by atoms with van der Waals surface area (Å²) < 4.78 is 20.1. The molecule has 2 aliphatic heterocycles. The molecule has 40 heavy (non-hydrogen) atoms. The summed E-state index contributed by atoms with van der Waals surface area (Å²) in [6, 6.07) is 9.65. The Balaban J connectivity index is 1.63. The summed E-state index contributed by atoms with van der Waals surface area (Å²) in [5.41, 5.74) is 4.77. The Bertz CT molecular complexity index is 1600. The number of amides is 1. The highest BCUT2D eigenvalue weighted by Crippen LogP contribution is 2.54. The van der Waals surface area contributed by atoms with Crippen molar-refractivity contribution in [2.45, 2.75) is 30.0 Å². The molecule has 13 heteroatoms. The zero-order chi connectivity index (χ0) is 28.9. The first kappa shape index (κ1) is 27.5. The molecule has 1 saturated heterocycles. The van der Waals surface area contributed by atoms with E-state index in [9.17, 15) is 24.5 Å². The first-order chi connectivity index (χ1) is 19.0. The fourth-order valence-corrected chi connectivity index (χ4v) is 6.06. The number of nitrogens with two attached hydrogens (primary N) is 1. The zero-order valence-electron chi connectivity index (χ0n) is 20.7. The van der Waals surface area contributed by atoms with Crippen LogP contribution in [0, 0.1) is 15.9 Å². The summed E-state index contributed by atoms with van der Waals surface area (Å²) in [6.45, 7) is 0. The van der Waals surface area contributed by atoms with Gasteiger partial charge in [0, 0.05) is 44.4 Å². The van der Waals surface area contributed by atoms with Crippen molar-refractivity contribution in [1.82, 2.24) is 5.32 Å². The maximum Gasteiger partial charge on any atom is 0.337 e. The molecule has 4 atom stereocenters. The van der Waals surface area contributed by atoms with Crippen LogP contribution in [0.3, 0.4) is 0 Å². The van der Waals surface area contributed by atoms with Crippen LogP contribution in [-0.2, 0) is 15.1 Å². The number of methoxy groups -OCH3 is 1. The van der Waals surface area contributed by atoms with Crippen molar-refractivity contribution in [2.75, 3.05) is 18.2 Å². The predicted octanol–water partition coefficient (Wildman–Crippen LogP) is 4.32. The number of nitrogens with one attached hydrogen (secondary N) is 2. The topological polar surface area (TPSA) is 154 Å². The van der Waals surface area contributed by atoms with Crippen LogP contribution in [0.5, 0.6) is 0 Å². The number of ether oxygens (including phenoxy) is 1. The minimum atomic E-state index is -1.82. The minimum absolute atomic E-state index is 0.0195. The van der Waals surface area contributed by atoms with Gasteiger partial charge in [-0.3, -0.25) is 25.0 Å². The molecule has 3 aromatic carbocycles. The van der Waals surface area contributed by atoms with Gasteiger partial charge in [0.15, 0.2) is 5.78 Å². The van der Waals surface area contributed by atoms with Crippen molar-refractivity contribution < 1.29 is 28.4 Å². The number of nitrogens with zero attached hydrogens (tertiary/aromatic N) is 1. The van der Waals surface area contributed by atoms with Gasteiger partial charge in [-0.1, -0.05) is 41.4 Å². The summed E-state index contributed by atoms with van der Waals surface area (Å²) in [5, 5.41) is 18.4. The van der Waals surface area contributed by atoms with Gasteiger partial charge >= 0.3 is 5.97 Å². The van der Waals surface area contributed by atoms with Crippen molar-refractivity contribution in [3.63, 3.8) is 0 Å². The number of halogens is 3. The Labute approximate surface area is 236 Å². The maximum atomic E-state index is 15.5. The molecule has 0 aliphatic carbocycles. The Morgan fingerprint density at radius 1 is 1.18 bits per heavy atom. The van der Waals surface area contributed by atoms with Gasteiger partial charge in [-0.2, -0.15) is 0 Å². The summed E-state index contributed by atoms with van der Waals surface area (Å²) in [6.07, 6.45) is -0.468. The normalized spacial score (nSPS) is 23.1. The van der Waals surface area contributed by atoms with Crippen LogP contribution >= 0.6 is 23.2 Å². The van der Waals surface area contributed by atoms with Crippen LogP contribution < -0.4 is 16.4 Å². The first-order valence-electron chi connectivity index (χ1n) is 12.0. The van der Waals surface area contributed by atoms with Gasteiger partial charge < -0.3 is 15.8 Å². The van der Waals surface area contributed by atoms with E-state index in [-0.39, 0.29) is 27.4 Å². The van der Waals surface area contributed by atoms with Gasteiger partial charge in [0.1, 0.15) is 11.4 Å². The van der Waals surface area contributed by atoms with Crippen LogP contribution in [0.2, 0.25) is 10.0 Å². The number of nitrogen functional groups attached to an aromatic ring is 1. The summed E-state index contributed by atoms with van der Waals surface area (Å²) in [5.74, 6) is -4.23. The second kappa shape index (κ2) is 10.2. The molecular formula is C27H21Cl2FN4O6. The number of anilines is 2. The van der Waals surface area contributed by atoms with E-state index in [0.29, 0.717) is 16.3 Å². The van der Waals surface area contributed by atoms with Gasteiger partial charge in [-0.25, -0.2) is 9.18 Å². The summed E-state index contributed by atoms with van der Waals surface area (Å²) in [7, 11) is 1.20. The number of carbonyl (C=O) groups excluding carboxylic acids is 3. The fourth-order valence-electron chi connectivity index (χ4n) is 5.70. The number of nitro groups is 1. The molecule has 2 heterocycles. The molecule has 5 rings (SSSR count). The van der Waals surface area contributed by atoms with E-state index >= 15 is 4.39 Å². The van der Waals surface area contributed by atoms with Gasteiger partial charge in [0.05, 0.1) is 29.7 Å². The number of esters is 1. The minimum Gasteiger partial charge on any atom is -0.465 e. The molecule has 10 nitrogen and oxygen atoms in total. The van der Waals surface area contributed by atoms with E-state index in [1.165, 1.54) is 61.7 Å². The lowest BCUT2D eigenvalue weighted by molar-refractivity contribution is -0.526. The van der Waals surface area contributed by atoms with Crippen molar-refractivity contribution in [1.29, 1.82) is 0 Å². The third-order valence-electron chi connectivity index (χ3n) is 7.38. The standard InChI is InChI=1S/C27H21Cl2FN4O6/c1-40-25(36)12-5-7-14(18(31)9-12)21(35)11-20-24(34(38)39)22(15-3-2-4-17(29)23(15)30)27(33-20)16-8-6-13(28)10-19(16)32-26(27)37/h2-10,20,22,24,33H,11,31H2,1H3,(H,32,37)/t20-,22-,24?,27+/m0/s1. The van der Waals surface area contributed by atoms with Gasteiger partial charge in [-0.15, -0.1) is 0 Å². The zero-order valence-corrected chi connectivity index (χ0v) is 22.3. The monoisotopic (exact) mass is 586 g/mol. The Morgan fingerprint density at radius 2 is 1.93 bits per heavy atom. The van der Waals surface area contributed by atoms with Crippen LogP contribution in [0.1, 0.15) is 44.2 Å². The highest BCUT2D eigenvalue weighted by Gasteiger charge is 2.67. The molecule has 3 aromatic rings. The number of fused-ring (bicyclic) bond motifs is 2. The van der Waals surface area contributed by atoms with Gasteiger partial charge in [-0.05, 0) is 36.4 Å². The van der Waals surface area contributed by atoms with E-state index < -0.39 is 58.4 Å². The van der Waals surface area contributed by atoms with Crippen LogP contribution in [0.25, 0.3) is 0 Å². The quantitative estimate of drug-likeness (QED) is 0.127. The number of ketones is 1. The Kier molecular flexibility index (Phi) is 6.99. The second-order valence-electron chi connectivity index (χ2n) is 9.52. The van der Waals surface area contributed by atoms with Crippen LogP contribution in [0.15, 0.2) is 54.6 Å². The average molecular weight is 587 g/mol. The van der Waals surface area contributed by atoms with Crippen molar-refractivity contribution in [3.8, 4) is 0 Å².